The summed E-state index contributed by atoms with van der Waals surface area (Å²) in [6.07, 6.45) is 3.93. The van der Waals surface area contributed by atoms with E-state index in [1.54, 1.807) is 18.3 Å². The summed E-state index contributed by atoms with van der Waals surface area (Å²) in [6, 6.07) is 4.74. The Labute approximate surface area is 136 Å². The molecule has 1 saturated carbocycles. The first kappa shape index (κ1) is 16.3. The van der Waals surface area contributed by atoms with Crippen molar-refractivity contribution in [3.63, 3.8) is 0 Å². The van der Waals surface area contributed by atoms with E-state index in [-0.39, 0.29) is 12.1 Å². The fraction of sp³-hybridized carbons (Fsp3) is 0.294. The summed E-state index contributed by atoms with van der Waals surface area (Å²) in [4.78, 5) is 16.0. The Morgan fingerprint density at radius 3 is 2.50 bits per heavy atom. The van der Waals surface area contributed by atoms with Crippen molar-refractivity contribution < 1.29 is 22.7 Å². The molecule has 0 radical (unpaired) electrons. The molecule has 24 heavy (non-hydrogen) atoms. The maximum Gasteiger partial charge on any atom is 0.251 e. The minimum Gasteiger partial charge on any atom is -0.477 e. The maximum absolute atomic E-state index is 13.1. The number of aromatic nitrogens is 1. The monoisotopic (exact) mass is 336 g/mol. The van der Waals surface area contributed by atoms with E-state index in [2.05, 4.69) is 10.3 Å². The Kier molecular flexibility index (Phi) is 4.69. The SMILES string of the molecule is O=C(NCc1ccc(OCC2CC2)nc1)c1cc(F)c(F)c(F)c1. The summed E-state index contributed by atoms with van der Waals surface area (Å²) < 4.78 is 44.6. The average molecular weight is 336 g/mol. The number of rotatable bonds is 6. The lowest BCUT2D eigenvalue weighted by Crippen LogP contribution is -2.23. The van der Waals surface area contributed by atoms with Crippen LogP contribution in [-0.4, -0.2) is 17.5 Å². The number of hydrogen-bond acceptors (Lipinski definition) is 3. The highest BCUT2D eigenvalue weighted by molar-refractivity contribution is 5.94. The Hall–Kier alpha value is -2.57. The summed E-state index contributed by atoms with van der Waals surface area (Å²) >= 11 is 0. The van der Waals surface area contributed by atoms with E-state index < -0.39 is 23.4 Å². The largest absolute Gasteiger partial charge is 0.477 e. The number of ether oxygens (including phenoxy) is 1. The fourth-order valence-electron chi connectivity index (χ4n) is 2.06. The van der Waals surface area contributed by atoms with Gasteiger partial charge in [0.2, 0.25) is 5.88 Å². The van der Waals surface area contributed by atoms with Crippen LogP contribution in [0.15, 0.2) is 30.5 Å². The summed E-state index contributed by atoms with van der Waals surface area (Å²) in [6.45, 7) is 0.778. The predicted octanol–water partition coefficient (Wildman–Crippen LogP) is 3.22. The lowest BCUT2D eigenvalue weighted by molar-refractivity contribution is 0.0949. The molecule has 0 unspecified atom stereocenters. The molecule has 1 aromatic heterocycles. The fourth-order valence-corrected chi connectivity index (χ4v) is 2.06. The highest BCUT2D eigenvalue weighted by atomic mass is 19.2. The third-order valence-electron chi connectivity index (χ3n) is 3.66. The Morgan fingerprint density at radius 1 is 1.21 bits per heavy atom. The van der Waals surface area contributed by atoms with Crippen molar-refractivity contribution in [2.75, 3.05) is 6.61 Å². The van der Waals surface area contributed by atoms with Gasteiger partial charge in [-0.15, -0.1) is 0 Å². The minimum atomic E-state index is -1.60. The molecule has 1 aromatic carbocycles. The first-order chi connectivity index (χ1) is 11.5. The van der Waals surface area contributed by atoms with Gasteiger partial charge in [-0.1, -0.05) is 6.07 Å². The third-order valence-corrected chi connectivity index (χ3v) is 3.66. The van der Waals surface area contributed by atoms with Gasteiger partial charge in [-0.3, -0.25) is 4.79 Å². The molecule has 126 valence electrons. The van der Waals surface area contributed by atoms with E-state index in [4.69, 9.17) is 4.74 Å². The number of carbonyl (C=O) groups is 1. The van der Waals surface area contributed by atoms with Crippen LogP contribution in [0.3, 0.4) is 0 Å². The number of pyridine rings is 1. The standard InChI is InChI=1S/C17H15F3N2O2/c18-13-5-12(6-14(19)16(13)20)17(23)22-8-11-3-4-15(21-7-11)24-9-10-1-2-10/h3-7,10H,1-2,8-9H2,(H,22,23). The van der Waals surface area contributed by atoms with Crippen molar-refractivity contribution in [2.24, 2.45) is 5.92 Å². The molecule has 4 nitrogen and oxygen atoms in total. The molecular formula is C17H15F3N2O2. The quantitative estimate of drug-likeness (QED) is 0.824. The number of nitrogens with zero attached hydrogens (tertiary/aromatic N) is 1. The number of nitrogens with one attached hydrogen (secondary N) is 1. The zero-order valence-corrected chi connectivity index (χ0v) is 12.7. The van der Waals surface area contributed by atoms with Crippen LogP contribution in [0.5, 0.6) is 5.88 Å². The second kappa shape index (κ2) is 6.90. The van der Waals surface area contributed by atoms with E-state index >= 15 is 0 Å². The molecule has 1 aliphatic carbocycles. The molecule has 0 saturated heterocycles. The minimum absolute atomic E-state index is 0.120. The van der Waals surface area contributed by atoms with Crippen molar-refractivity contribution in [3.8, 4) is 5.88 Å². The van der Waals surface area contributed by atoms with Crippen LogP contribution in [0.25, 0.3) is 0 Å². The van der Waals surface area contributed by atoms with Crippen molar-refractivity contribution in [3.05, 3.63) is 59.0 Å². The van der Waals surface area contributed by atoms with Gasteiger partial charge in [-0.05, 0) is 36.5 Å². The van der Waals surface area contributed by atoms with Gasteiger partial charge in [-0.25, -0.2) is 18.2 Å². The molecule has 0 bridgehead atoms. The van der Waals surface area contributed by atoms with Crippen LogP contribution in [0.4, 0.5) is 13.2 Å². The molecule has 2 aromatic rings. The summed E-state index contributed by atoms with van der Waals surface area (Å²) in [5, 5.41) is 2.49. The summed E-state index contributed by atoms with van der Waals surface area (Å²) in [5.41, 5.74) is 0.411. The van der Waals surface area contributed by atoms with Crippen LogP contribution < -0.4 is 10.1 Å². The maximum atomic E-state index is 13.1. The number of hydrogen-bond donors (Lipinski definition) is 1. The number of amides is 1. The highest BCUT2D eigenvalue weighted by Gasteiger charge is 2.22. The Bertz CT molecular complexity index is 723. The Morgan fingerprint density at radius 2 is 1.92 bits per heavy atom. The van der Waals surface area contributed by atoms with Gasteiger partial charge in [0.05, 0.1) is 6.61 Å². The molecule has 1 aliphatic rings. The lowest BCUT2D eigenvalue weighted by Gasteiger charge is -2.08. The van der Waals surface area contributed by atoms with Gasteiger partial charge >= 0.3 is 0 Å². The third kappa shape index (κ3) is 4.04. The number of halogens is 3. The molecule has 0 spiro atoms. The van der Waals surface area contributed by atoms with Gasteiger partial charge < -0.3 is 10.1 Å². The van der Waals surface area contributed by atoms with E-state index in [1.165, 1.54) is 12.8 Å². The zero-order chi connectivity index (χ0) is 17.1. The molecule has 0 atom stereocenters. The van der Waals surface area contributed by atoms with Crippen LogP contribution in [0.1, 0.15) is 28.8 Å². The number of carbonyl (C=O) groups excluding carboxylic acids is 1. The second-order valence-corrected chi connectivity index (χ2v) is 5.70. The van der Waals surface area contributed by atoms with E-state index in [9.17, 15) is 18.0 Å². The molecule has 1 heterocycles. The van der Waals surface area contributed by atoms with Crippen LogP contribution in [0.2, 0.25) is 0 Å². The van der Waals surface area contributed by atoms with Crippen molar-refractivity contribution in [2.45, 2.75) is 19.4 Å². The predicted molar refractivity (Wildman–Crippen MR) is 79.9 cm³/mol. The highest BCUT2D eigenvalue weighted by Crippen LogP contribution is 2.29. The van der Waals surface area contributed by atoms with Crippen molar-refractivity contribution >= 4 is 5.91 Å². The molecule has 1 amide bonds. The van der Waals surface area contributed by atoms with Crippen LogP contribution in [0, 0.1) is 23.4 Å². The first-order valence-corrected chi connectivity index (χ1v) is 7.53. The van der Waals surface area contributed by atoms with Crippen LogP contribution in [-0.2, 0) is 6.54 Å². The van der Waals surface area contributed by atoms with Gasteiger partial charge in [-0.2, -0.15) is 0 Å². The molecule has 1 N–H and O–H groups in total. The summed E-state index contributed by atoms with van der Waals surface area (Å²) in [7, 11) is 0. The molecule has 7 heteroatoms. The van der Waals surface area contributed by atoms with Gasteiger partial charge in [0.25, 0.3) is 5.91 Å². The topological polar surface area (TPSA) is 51.2 Å². The van der Waals surface area contributed by atoms with Gasteiger partial charge in [0.15, 0.2) is 17.5 Å². The normalized spacial score (nSPS) is 13.6. The molecular weight excluding hydrogens is 321 g/mol. The Balaban J connectivity index is 1.55. The average Bonchev–Trinajstić information content (AvgIpc) is 3.40. The van der Waals surface area contributed by atoms with E-state index in [0.717, 1.165) is 0 Å². The summed E-state index contributed by atoms with van der Waals surface area (Å²) in [5.74, 6) is -3.97. The lowest BCUT2D eigenvalue weighted by atomic mass is 10.2. The van der Waals surface area contributed by atoms with Crippen LogP contribution >= 0.6 is 0 Å². The molecule has 1 fully saturated rings. The van der Waals surface area contributed by atoms with Gasteiger partial charge in [0.1, 0.15) is 0 Å². The zero-order valence-electron chi connectivity index (χ0n) is 12.7. The second-order valence-electron chi connectivity index (χ2n) is 5.70. The molecule has 3 rings (SSSR count). The number of benzene rings is 1. The first-order valence-electron chi connectivity index (χ1n) is 7.53. The van der Waals surface area contributed by atoms with E-state index in [0.29, 0.717) is 36.1 Å². The smallest absolute Gasteiger partial charge is 0.251 e. The van der Waals surface area contributed by atoms with Crippen molar-refractivity contribution in [1.82, 2.24) is 10.3 Å². The van der Waals surface area contributed by atoms with Gasteiger partial charge in [0, 0.05) is 24.4 Å². The van der Waals surface area contributed by atoms with Crippen molar-refractivity contribution in [1.29, 1.82) is 0 Å². The molecule has 0 aliphatic heterocycles. The van der Waals surface area contributed by atoms with E-state index in [1.807, 2.05) is 0 Å².